The quantitative estimate of drug-likeness (QED) is 0.00843. The van der Waals surface area contributed by atoms with Gasteiger partial charge in [-0.05, 0) is 139 Å². The van der Waals surface area contributed by atoms with Crippen molar-refractivity contribution in [2.24, 2.45) is 11.5 Å². The zero-order chi connectivity index (χ0) is 73.8. The molecule has 0 unspecified atom stereocenters. The molecule has 0 radical (unpaired) electrons. The number of nitrogens with one attached hydrogen (secondary N) is 2. The third kappa shape index (κ3) is 36.0. The van der Waals surface area contributed by atoms with Crippen molar-refractivity contribution in [2.45, 2.75) is 97.1 Å². The fourth-order valence-electron chi connectivity index (χ4n) is 9.35. The molecule has 0 atom stereocenters. The number of nitrogen functional groups attached to an aromatic ring is 2. The summed E-state index contributed by atoms with van der Waals surface area (Å²) in [5.41, 5.74) is 23.8. The van der Waals surface area contributed by atoms with Crippen LogP contribution in [0.2, 0.25) is 39.3 Å². The zero-order valence-corrected chi connectivity index (χ0v) is 72.6. The van der Waals surface area contributed by atoms with E-state index >= 15 is 0 Å². The summed E-state index contributed by atoms with van der Waals surface area (Å²) >= 11 is 6.88. The normalized spacial score (nSPS) is 9.86. The predicted octanol–water partition coefficient (Wildman–Crippen LogP) is 6.30. The number of nitrogens with two attached hydrogens (primary N) is 2. The topological polar surface area (TPSA) is 338 Å². The van der Waals surface area contributed by atoms with Gasteiger partial charge in [0, 0.05) is 40.0 Å². The number of hydrogen-bond acceptors (Lipinski definition) is 18. The van der Waals surface area contributed by atoms with Crippen LogP contribution in [-0.2, 0) is 46.8 Å². The first-order valence-electron chi connectivity index (χ1n) is 30.4. The minimum absolute atomic E-state index is 0. The van der Waals surface area contributed by atoms with Gasteiger partial charge in [0.25, 0.3) is 6.47 Å². The molecule has 102 heavy (non-hydrogen) atoms. The van der Waals surface area contributed by atoms with Crippen LogP contribution in [0, 0.1) is 65.6 Å². The molecule has 8 aromatic rings. The molecule has 0 aliphatic rings. The Morgan fingerprint density at radius 1 is 0.471 bits per heavy atom. The van der Waals surface area contributed by atoms with E-state index in [1.54, 1.807) is 101 Å². The standard InChI is InChI=1S/C25H28N4O4.C25H22N2O4.C9H10Br2.C8H7NO2.C6H18NSi2.CH2O3.2K.Li.H/c1-15-8-16(13-32-20-6-4-18(24(26)27)11-22(20)30-2)10-17(9-15)14-33-21-7-5-19(25(28)29)12-23(21)31-3;1-17-8-20(15-30-22-6-4-18(13-26)11-24(22)28-2)10-21(9-17)16-31-23-7-5-19(14-27)12-25(23)29-3;1-7-2-8(5-10)4-9(3-7)6-11;1-11-8-4-6(5-9)2-3-7(8)10;1-8(2,3)7-9(4,5)6;2-1-4-3;;;;/h4-12H,13-14H2,1-3H3,(H3,26,27)(H3,28,29);4-12H,15-16H2,1-3H3;2-4H,5-6H2,1H3;2-4,10H,1H3;1-6H3;1,3H;;;;/q;;;;-1;;3*+1;-1/p-1. The molecular formula is C74H87Br2K2LiN8O13Si2. The van der Waals surface area contributed by atoms with E-state index in [1.807, 2.05) is 56.3 Å². The average molecular weight is 1600 g/mol. The van der Waals surface area contributed by atoms with Gasteiger partial charge in [-0.25, -0.2) is 0 Å². The Kier molecular flexibility index (Phi) is 47.3. The Bertz CT molecular complexity index is 3910. The average Bonchev–Trinajstić information content (AvgIpc) is 0.854. The fourth-order valence-corrected chi connectivity index (χ4v) is 18.0. The van der Waals surface area contributed by atoms with Gasteiger partial charge < -0.3 is 75.4 Å². The molecule has 0 aliphatic heterocycles. The number of alkyl halides is 2. The number of carbonyl (C=O) groups excluding carboxylic acids is 1. The van der Waals surface area contributed by atoms with Crippen LogP contribution in [0.3, 0.4) is 0 Å². The van der Waals surface area contributed by atoms with E-state index in [-0.39, 0.29) is 147 Å². The van der Waals surface area contributed by atoms with Gasteiger partial charge in [-0.1, -0.05) is 147 Å². The van der Waals surface area contributed by atoms with E-state index in [0.717, 1.165) is 44.0 Å². The second kappa shape index (κ2) is 50.3. The number of phenolic OH excluding ortho intramolecular Hbond substituents is 1. The monoisotopic (exact) mass is 1590 g/mol. The summed E-state index contributed by atoms with van der Waals surface area (Å²) in [5.74, 6) is 4.65. The van der Waals surface area contributed by atoms with Crippen molar-refractivity contribution in [3.8, 4) is 75.7 Å². The molecule has 0 spiro atoms. The molecule has 7 N–H and O–H groups in total. The molecule has 8 rings (SSSR count). The second-order valence-electron chi connectivity index (χ2n) is 23.6. The van der Waals surface area contributed by atoms with E-state index in [4.69, 9.17) is 101 Å². The number of halogens is 2. The maximum Gasteiger partial charge on any atom is 1.00 e. The molecule has 0 aliphatic carbocycles. The summed E-state index contributed by atoms with van der Waals surface area (Å²) in [4.78, 5) is 11.2. The Labute approximate surface area is 717 Å². The Morgan fingerprint density at radius 3 is 0.971 bits per heavy atom. The van der Waals surface area contributed by atoms with Gasteiger partial charge in [0.1, 0.15) is 38.1 Å². The maximum atomic E-state index is 9.10. The number of nitrogens with zero attached hydrogens (tertiary/aromatic N) is 4. The van der Waals surface area contributed by atoms with Crippen LogP contribution in [0.1, 0.15) is 79.3 Å². The first-order chi connectivity index (χ1) is 47.0. The van der Waals surface area contributed by atoms with Crippen LogP contribution in [-0.4, -0.2) is 75.3 Å². The van der Waals surface area contributed by atoms with Gasteiger partial charge in [0.15, 0.2) is 57.5 Å². The molecule has 526 valence electrons. The van der Waals surface area contributed by atoms with Crippen molar-refractivity contribution in [1.29, 1.82) is 26.6 Å². The van der Waals surface area contributed by atoms with E-state index in [1.165, 1.54) is 42.0 Å². The van der Waals surface area contributed by atoms with Crippen LogP contribution < -0.4 is 181 Å². The minimum atomic E-state index is -1.11. The zero-order valence-electron chi connectivity index (χ0n) is 62.2. The largest absolute Gasteiger partial charge is 1.00 e. The van der Waals surface area contributed by atoms with Gasteiger partial charge in [0.2, 0.25) is 0 Å². The van der Waals surface area contributed by atoms with Crippen molar-refractivity contribution >= 4 is 66.5 Å². The summed E-state index contributed by atoms with van der Waals surface area (Å²) < 4.78 is 54.8. The van der Waals surface area contributed by atoms with Gasteiger partial charge in [-0.2, -0.15) is 15.8 Å². The Hall–Kier alpha value is -6.18. The number of hydrogen-bond donors (Lipinski definition) is 5. The summed E-state index contributed by atoms with van der Waals surface area (Å²) in [5, 5.41) is 61.1. The Morgan fingerprint density at radius 2 is 0.725 bits per heavy atom. The summed E-state index contributed by atoms with van der Waals surface area (Å²) in [6.07, 6.45) is 0. The number of phenols is 1. The molecule has 0 saturated carbocycles. The van der Waals surface area contributed by atoms with Crippen molar-refractivity contribution in [1.82, 2.24) is 0 Å². The van der Waals surface area contributed by atoms with Crippen LogP contribution in [0.4, 0.5) is 0 Å². The van der Waals surface area contributed by atoms with Crippen LogP contribution >= 0.6 is 31.9 Å². The minimum Gasteiger partial charge on any atom is -1.00 e. The number of aryl methyl sites for hydroxylation is 3. The van der Waals surface area contributed by atoms with Crippen molar-refractivity contribution < 1.29 is 186 Å². The second-order valence-corrected chi connectivity index (χ2v) is 34.3. The number of nitriles is 3. The van der Waals surface area contributed by atoms with Crippen LogP contribution in [0.5, 0.6) is 57.5 Å². The van der Waals surface area contributed by atoms with Gasteiger partial charge >= 0.3 is 122 Å². The van der Waals surface area contributed by atoms with E-state index < -0.39 is 16.5 Å². The number of benzene rings is 8. The van der Waals surface area contributed by atoms with Crippen LogP contribution in [0.25, 0.3) is 4.65 Å². The van der Waals surface area contributed by atoms with E-state index in [9.17, 15) is 0 Å². The number of rotatable bonds is 24. The molecule has 28 heteroatoms. The van der Waals surface area contributed by atoms with Gasteiger partial charge in [0.05, 0.1) is 70.4 Å². The Balaban J connectivity index is 0. The molecule has 0 amide bonds. The van der Waals surface area contributed by atoms with Crippen molar-refractivity contribution in [3.05, 3.63) is 228 Å². The number of amidine groups is 2. The summed E-state index contributed by atoms with van der Waals surface area (Å²) in [6.45, 7) is 21.1. The maximum absolute atomic E-state index is 9.10. The predicted molar refractivity (Wildman–Crippen MR) is 397 cm³/mol. The molecule has 0 saturated heterocycles. The van der Waals surface area contributed by atoms with Crippen LogP contribution in [0.15, 0.2) is 146 Å². The molecule has 0 heterocycles. The fraction of sp³-hybridized carbons (Fsp3) is 0.270. The molecule has 21 nitrogen and oxygen atoms in total. The van der Waals surface area contributed by atoms with Crippen molar-refractivity contribution in [2.75, 3.05) is 35.5 Å². The number of ether oxygens (including phenoxy) is 9. The molecule has 0 aromatic heterocycles. The first kappa shape index (κ1) is 95.8. The molecule has 0 bridgehead atoms. The van der Waals surface area contributed by atoms with Gasteiger partial charge in [-0.3, -0.25) is 15.6 Å². The van der Waals surface area contributed by atoms with E-state index in [0.29, 0.717) is 106 Å². The third-order valence-electron chi connectivity index (χ3n) is 13.0. The first-order valence-corrected chi connectivity index (χ1v) is 39.5. The number of carbonyl (C=O) groups is 1. The molecule has 0 fully saturated rings. The smallest absolute Gasteiger partial charge is 1.00 e. The van der Waals surface area contributed by atoms with E-state index in [2.05, 4.69) is 113 Å². The summed E-state index contributed by atoms with van der Waals surface area (Å²) in [7, 11) is 5.41. The molecular weight excluding hydrogens is 1510 g/mol. The third-order valence-corrected chi connectivity index (χ3v) is 19.7. The van der Waals surface area contributed by atoms with Gasteiger partial charge in [-0.15, -0.1) is 0 Å². The SMILES string of the molecule is COc1cc(C#N)ccc1O.COc1cc(C#N)ccc1OCc1cc(C)cc(COc2ccc(C#N)cc2OC)c1.COc1cc(C(=N)N)ccc1OCc1cc(C)cc(COc2ccc(C(=N)N)cc2OC)c1.C[Si](C)(C)[N-][Si](C)(C)C.Cc1cc(CBr)cc(CBr)c1.O=CO[O-].[H-].[K+].[K+].[Li+]. The van der Waals surface area contributed by atoms with Crippen molar-refractivity contribution in [3.63, 3.8) is 0 Å². The molecule has 8 aromatic carbocycles. The summed E-state index contributed by atoms with van der Waals surface area (Å²) in [6, 6.07) is 49.8. The number of methoxy groups -OCH3 is 5. The number of aromatic hydroxyl groups is 1.